The molecule has 0 saturated carbocycles. The van der Waals surface area contributed by atoms with Crippen molar-refractivity contribution in [3.05, 3.63) is 84.2 Å². The number of nitrogens with zero attached hydrogens (tertiary/aromatic N) is 2. The van der Waals surface area contributed by atoms with E-state index in [9.17, 15) is 0 Å². The van der Waals surface area contributed by atoms with E-state index in [0.717, 1.165) is 16.6 Å². The van der Waals surface area contributed by atoms with E-state index in [2.05, 4.69) is 90.7 Å². The summed E-state index contributed by atoms with van der Waals surface area (Å²) in [6.07, 6.45) is 0. The van der Waals surface area contributed by atoms with Crippen molar-refractivity contribution in [2.45, 2.75) is 13.8 Å². The Hall–Kier alpha value is -3.59. The highest BCUT2D eigenvalue weighted by atomic mass is 16.3. The molecule has 4 aromatic carbocycles. The van der Waals surface area contributed by atoms with E-state index in [0.29, 0.717) is 0 Å². The van der Waals surface area contributed by atoms with Gasteiger partial charge in [0.1, 0.15) is 16.9 Å². The maximum absolute atomic E-state index is 6.28. The molecule has 0 saturated heterocycles. The molecule has 6 aromatic rings. The summed E-state index contributed by atoms with van der Waals surface area (Å²) in [6, 6.07) is 25.8. The van der Waals surface area contributed by atoms with Gasteiger partial charge >= 0.3 is 0 Å². The predicted octanol–water partition coefficient (Wildman–Crippen LogP) is 6.12. The van der Waals surface area contributed by atoms with Crippen LogP contribution in [0.4, 0.5) is 0 Å². The molecule has 0 spiro atoms. The van der Waals surface area contributed by atoms with Gasteiger partial charge in [-0.2, -0.15) is 4.57 Å². The molecule has 29 heavy (non-hydrogen) atoms. The fourth-order valence-corrected chi connectivity index (χ4v) is 4.60. The van der Waals surface area contributed by atoms with Crippen molar-refractivity contribution in [1.82, 2.24) is 4.57 Å². The average molecular weight is 377 g/mol. The minimum Gasteiger partial charge on any atom is -0.455 e. The Balaban J connectivity index is 1.76. The number of aromatic nitrogens is 2. The summed E-state index contributed by atoms with van der Waals surface area (Å²) >= 11 is 0. The molecule has 0 radical (unpaired) electrons. The van der Waals surface area contributed by atoms with Crippen LogP contribution in [0.1, 0.15) is 11.4 Å². The molecular weight excluding hydrogens is 356 g/mol. The van der Waals surface area contributed by atoms with Gasteiger partial charge in [-0.1, -0.05) is 42.5 Å². The van der Waals surface area contributed by atoms with Crippen molar-refractivity contribution in [2.75, 3.05) is 0 Å². The predicted molar refractivity (Wildman–Crippen MR) is 119 cm³/mol. The third-order valence-corrected chi connectivity index (χ3v) is 6.22. The zero-order chi connectivity index (χ0) is 19.7. The first kappa shape index (κ1) is 16.4. The summed E-state index contributed by atoms with van der Waals surface area (Å²) in [4.78, 5) is 0. The lowest BCUT2D eigenvalue weighted by Crippen LogP contribution is -2.30. The number of hydrogen-bond acceptors (Lipinski definition) is 1. The monoisotopic (exact) mass is 377 g/mol. The SMILES string of the molecule is Cc1ccccc1-n1c(C)[n+](C)c2cc3c(ccc4c5ccccc5oc34)cc21. The van der Waals surface area contributed by atoms with E-state index in [4.69, 9.17) is 4.42 Å². The molecule has 0 amide bonds. The number of benzene rings is 4. The summed E-state index contributed by atoms with van der Waals surface area (Å²) in [6.45, 7) is 4.34. The smallest absolute Gasteiger partial charge is 0.259 e. The average Bonchev–Trinajstić information content (AvgIpc) is 3.23. The number of fused-ring (bicyclic) bond motifs is 6. The normalized spacial score (nSPS) is 12.0. The number of rotatable bonds is 1. The van der Waals surface area contributed by atoms with E-state index in [1.807, 2.05) is 12.1 Å². The zero-order valence-electron chi connectivity index (χ0n) is 16.7. The second-order valence-electron chi connectivity index (χ2n) is 7.83. The molecule has 2 aromatic heterocycles. The molecule has 2 heterocycles. The largest absolute Gasteiger partial charge is 0.455 e. The number of para-hydroxylation sites is 2. The first-order valence-electron chi connectivity index (χ1n) is 9.94. The van der Waals surface area contributed by atoms with Gasteiger partial charge in [0, 0.05) is 29.1 Å². The molecule has 0 atom stereocenters. The summed E-state index contributed by atoms with van der Waals surface area (Å²) in [7, 11) is 2.14. The number of aryl methyl sites for hydroxylation is 2. The van der Waals surface area contributed by atoms with Crippen LogP contribution in [0.25, 0.3) is 49.4 Å². The van der Waals surface area contributed by atoms with Gasteiger partial charge in [-0.05, 0) is 42.1 Å². The maximum atomic E-state index is 6.28. The summed E-state index contributed by atoms with van der Waals surface area (Å²) in [5.74, 6) is 1.20. The highest BCUT2D eigenvalue weighted by Crippen LogP contribution is 2.36. The molecule has 0 bridgehead atoms. The lowest BCUT2D eigenvalue weighted by atomic mass is 10.0. The van der Waals surface area contributed by atoms with Crippen molar-refractivity contribution >= 4 is 43.7 Å². The topological polar surface area (TPSA) is 21.9 Å². The molecule has 3 nitrogen and oxygen atoms in total. The van der Waals surface area contributed by atoms with E-state index >= 15 is 0 Å². The van der Waals surface area contributed by atoms with Crippen LogP contribution in [0.2, 0.25) is 0 Å². The van der Waals surface area contributed by atoms with Gasteiger partial charge < -0.3 is 4.42 Å². The Kier molecular flexibility index (Phi) is 3.22. The number of hydrogen-bond donors (Lipinski definition) is 0. The molecule has 0 unspecified atom stereocenters. The standard InChI is InChI=1S/C26H21N2O/c1-16-8-4-6-10-22(16)28-17(2)27(3)23-15-21-18(14-24(23)28)12-13-20-19-9-5-7-11-25(19)29-26(20)21/h4-15H,1-3H3/q+1. The van der Waals surface area contributed by atoms with Gasteiger partial charge in [-0.3, -0.25) is 0 Å². The van der Waals surface area contributed by atoms with Crippen LogP contribution in [0.3, 0.4) is 0 Å². The van der Waals surface area contributed by atoms with Crippen molar-refractivity contribution in [3.8, 4) is 5.69 Å². The molecule has 0 N–H and O–H groups in total. The molecule has 0 fully saturated rings. The zero-order valence-corrected chi connectivity index (χ0v) is 16.7. The molecule has 0 aliphatic rings. The molecule has 0 aliphatic heterocycles. The summed E-state index contributed by atoms with van der Waals surface area (Å²) in [5, 5.41) is 4.69. The Morgan fingerprint density at radius 3 is 2.45 bits per heavy atom. The maximum Gasteiger partial charge on any atom is 0.259 e. The van der Waals surface area contributed by atoms with E-state index < -0.39 is 0 Å². The lowest BCUT2D eigenvalue weighted by molar-refractivity contribution is -0.652. The van der Waals surface area contributed by atoms with Gasteiger partial charge in [-0.25, -0.2) is 4.57 Å². The highest BCUT2D eigenvalue weighted by molar-refractivity contribution is 6.16. The van der Waals surface area contributed by atoms with Crippen LogP contribution in [-0.4, -0.2) is 4.57 Å². The number of imidazole rings is 1. The Morgan fingerprint density at radius 1 is 0.793 bits per heavy atom. The number of furan rings is 1. The fraction of sp³-hybridized carbons (Fsp3) is 0.115. The van der Waals surface area contributed by atoms with Crippen LogP contribution >= 0.6 is 0 Å². The minimum atomic E-state index is 0.938. The van der Waals surface area contributed by atoms with Crippen molar-refractivity contribution in [2.24, 2.45) is 7.05 Å². The van der Waals surface area contributed by atoms with Crippen LogP contribution in [0.15, 0.2) is 77.2 Å². The van der Waals surface area contributed by atoms with Crippen molar-refractivity contribution in [3.63, 3.8) is 0 Å². The van der Waals surface area contributed by atoms with Gasteiger partial charge in [0.25, 0.3) is 5.82 Å². The van der Waals surface area contributed by atoms with Gasteiger partial charge in [0.05, 0.1) is 7.05 Å². The van der Waals surface area contributed by atoms with Gasteiger partial charge in [0.2, 0.25) is 0 Å². The Labute approximate surface area is 168 Å². The molecule has 140 valence electrons. The second kappa shape index (κ2) is 5.71. The summed E-state index contributed by atoms with van der Waals surface area (Å²) in [5.41, 5.74) is 6.80. The van der Waals surface area contributed by atoms with Crippen molar-refractivity contribution < 1.29 is 8.98 Å². The fourth-order valence-electron chi connectivity index (χ4n) is 4.60. The Morgan fingerprint density at radius 2 is 1.59 bits per heavy atom. The molecule has 6 rings (SSSR count). The van der Waals surface area contributed by atoms with E-state index in [1.165, 1.54) is 44.3 Å². The molecule has 3 heteroatoms. The highest BCUT2D eigenvalue weighted by Gasteiger charge is 2.23. The van der Waals surface area contributed by atoms with Crippen LogP contribution < -0.4 is 4.57 Å². The first-order valence-corrected chi connectivity index (χ1v) is 9.94. The third-order valence-electron chi connectivity index (χ3n) is 6.22. The molecule has 0 aliphatic carbocycles. The van der Waals surface area contributed by atoms with Crippen LogP contribution in [0, 0.1) is 13.8 Å². The van der Waals surface area contributed by atoms with E-state index in [1.54, 1.807) is 0 Å². The minimum absolute atomic E-state index is 0.938. The quantitative estimate of drug-likeness (QED) is 0.316. The summed E-state index contributed by atoms with van der Waals surface area (Å²) < 4.78 is 10.9. The van der Waals surface area contributed by atoms with Crippen LogP contribution in [0.5, 0.6) is 0 Å². The van der Waals surface area contributed by atoms with Crippen LogP contribution in [-0.2, 0) is 7.05 Å². The van der Waals surface area contributed by atoms with Gasteiger partial charge in [0.15, 0.2) is 11.0 Å². The van der Waals surface area contributed by atoms with Gasteiger partial charge in [-0.15, -0.1) is 0 Å². The lowest BCUT2D eigenvalue weighted by Gasteiger charge is -2.04. The third kappa shape index (κ3) is 2.16. The first-order chi connectivity index (χ1) is 14.1. The Bertz CT molecular complexity index is 1580. The van der Waals surface area contributed by atoms with E-state index in [-0.39, 0.29) is 0 Å². The molecular formula is C26H21N2O+. The second-order valence-corrected chi connectivity index (χ2v) is 7.83. The van der Waals surface area contributed by atoms with Crippen molar-refractivity contribution in [1.29, 1.82) is 0 Å².